The number of hydrogen-bond acceptors (Lipinski definition) is 4. The van der Waals surface area contributed by atoms with Gasteiger partial charge >= 0.3 is 0 Å². The van der Waals surface area contributed by atoms with E-state index in [9.17, 15) is 0 Å². The summed E-state index contributed by atoms with van der Waals surface area (Å²) in [4.78, 5) is 3.58. The molecule has 0 N–H and O–H groups in total. The topological polar surface area (TPSA) is 7.12 Å². The molecule has 34 heavy (non-hydrogen) atoms. The Labute approximate surface area is 216 Å². The first-order valence-electron chi connectivity index (χ1n) is 11.5. The van der Waals surface area contributed by atoms with Gasteiger partial charge in [0.1, 0.15) is 11.7 Å². The lowest BCUT2D eigenvalue weighted by Gasteiger charge is -2.30. The van der Waals surface area contributed by atoms with Crippen LogP contribution in [0, 0.1) is 5.41 Å². The molecule has 0 saturated carbocycles. The van der Waals surface area contributed by atoms with Crippen LogP contribution in [0.5, 0.6) is 0 Å². The monoisotopic (exact) mass is 501 g/mol. The molecule has 2 aliphatic rings. The number of thiocarbonyl (C=S) groups is 1. The van der Waals surface area contributed by atoms with Gasteiger partial charge in [0.25, 0.3) is 5.01 Å². The molecule has 0 saturated heterocycles. The highest BCUT2D eigenvalue weighted by molar-refractivity contribution is 8.03. The standard InChI is InChI=1S/C29H29N2S3/c1-29(2)17-20(8-7-11-27-30(3)23-9-5-6-10-25(23)33-27)14-22(18-29)16-28-31(4)24-15-21(19-32)12-13-26(24)34-28/h5-16,19H,17-18H2,1-4H3/q+1. The Morgan fingerprint density at radius 2 is 1.94 bits per heavy atom. The van der Waals surface area contributed by atoms with Gasteiger partial charge in [-0.1, -0.05) is 85.6 Å². The largest absolute Gasteiger partial charge is 0.338 e. The van der Waals surface area contributed by atoms with Gasteiger partial charge in [-0.25, -0.2) is 0 Å². The molecule has 1 aliphatic carbocycles. The number of aryl methyl sites for hydroxylation is 1. The summed E-state index contributed by atoms with van der Waals surface area (Å²) in [5.74, 6) is 0. The second-order valence-electron chi connectivity index (χ2n) is 9.79. The molecule has 0 fully saturated rings. The van der Waals surface area contributed by atoms with Gasteiger partial charge in [-0.3, -0.25) is 0 Å². The lowest BCUT2D eigenvalue weighted by Crippen LogP contribution is -2.28. The van der Waals surface area contributed by atoms with Crippen LogP contribution in [-0.2, 0) is 7.05 Å². The number of nitrogens with zero attached hydrogens (tertiary/aromatic N) is 2. The molecule has 5 heteroatoms. The molecule has 3 aromatic rings. The Bertz CT molecular complexity index is 1400. The molecular formula is C29H29N2S3+. The Morgan fingerprint density at radius 3 is 2.74 bits per heavy atom. The Morgan fingerprint density at radius 1 is 1.12 bits per heavy atom. The molecule has 1 aromatic heterocycles. The van der Waals surface area contributed by atoms with Crippen LogP contribution in [0.3, 0.4) is 0 Å². The van der Waals surface area contributed by atoms with Gasteiger partial charge in [0, 0.05) is 29.5 Å². The van der Waals surface area contributed by atoms with Crippen molar-refractivity contribution in [1.82, 2.24) is 0 Å². The minimum absolute atomic E-state index is 0.238. The lowest BCUT2D eigenvalue weighted by molar-refractivity contribution is -0.642. The summed E-state index contributed by atoms with van der Waals surface area (Å²) in [7, 11) is 4.29. The first-order valence-corrected chi connectivity index (χ1v) is 13.6. The SMILES string of the molecule is CN1C(=CC2=CC(=CC=Cc3sc4ccccc4[n+]3C)CC(C)(C)C2)Sc2ccc(C=S)cc21. The summed E-state index contributed by atoms with van der Waals surface area (Å²) in [6, 6.07) is 15.0. The maximum absolute atomic E-state index is 5.13. The lowest BCUT2D eigenvalue weighted by atomic mass is 9.75. The van der Waals surface area contributed by atoms with Crippen LogP contribution >= 0.6 is 35.3 Å². The molecule has 0 bridgehead atoms. The number of hydrogen-bond donors (Lipinski definition) is 0. The van der Waals surface area contributed by atoms with Crippen molar-refractivity contribution >= 4 is 62.7 Å². The summed E-state index contributed by atoms with van der Waals surface area (Å²) < 4.78 is 3.59. The van der Waals surface area contributed by atoms with E-state index >= 15 is 0 Å². The number of fused-ring (bicyclic) bond motifs is 2. The number of benzene rings is 2. The van der Waals surface area contributed by atoms with Crippen LogP contribution in [-0.4, -0.2) is 12.4 Å². The third kappa shape index (κ3) is 4.70. The molecule has 0 atom stereocenters. The highest BCUT2D eigenvalue weighted by Crippen LogP contribution is 2.47. The van der Waals surface area contributed by atoms with Gasteiger partial charge in [-0.05, 0) is 59.2 Å². The quantitative estimate of drug-likeness (QED) is 0.266. The molecule has 1 aliphatic heterocycles. The number of aromatic nitrogens is 1. The van der Waals surface area contributed by atoms with Crippen molar-refractivity contribution in [3.63, 3.8) is 0 Å². The average Bonchev–Trinajstić information content (AvgIpc) is 3.29. The van der Waals surface area contributed by atoms with Crippen molar-refractivity contribution in [3.05, 3.63) is 93.5 Å². The van der Waals surface area contributed by atoms with Gasteiger partial charge in [0.2, 0.25) is 5.52 Å². The summed E-state index contributed by atoms with van der Waals surface area (Å²) in [6.45, 7) is 4.74. The third-order valence-electron chi connectivity index (χ3n) is 6.39. The minimum atomic E-state index is 0.238. The van der Waals surface area contributed by atoms with Gasteiger partial charge in [0.15, 0.2) is 0 Å². The molecule has 0 amide bonds. The maximum atomic E-state index is 5.13. The number of thioether (sulfide) groups is 1. The first-order chi connectivity index (χ1) is 16.3. The third-order valence-corrected chi connectivity index (χ3v) is 9.01. The molecular weight excluding hydrogens is 473 g/mol. The number of thiazole rings is 1. The zero-order valence-corrected chi connectivity index (χ0v) is 22.5. The van der Waals surface area contributed by atoms with E-state index in [-0.39, 0.29) is 5.41 Å². The van der Waals surface area contributed by atoms with Crippen molar-refractivity contribution < 1.29 is 4.57 Å². The smallest absolute Gasteiger partial charge is 0.262 e. The zero-order chi connectivity index (χ0) is 23.9. The second kappa shape index (κ2) is 9.29. The molecule has 0 unspecified atom stereocenters. The van der Waals surface area contributed by atoms with Gasteiger partial charge in [0.05, 0.1) is 10.7 Å². The average molecular weight is 502 g/mol. The highest BCUT2D eigenvalue weighted by Gasteiger charge is 2.27. The van der Waals surface area contributed by atoms with Crippen molar-refractivity contribution in [1.29, 1.82) is 0 Å². The van der Waals surface area contributed by atoms with Crippen LogP contribution in [0.15, 0.2) is 87.8 Å². The maximum Gasteiger partial charge on any atom is 0.262 e. The van der Waals surface area contributed by atoms with E-state index in [2.05, 4.69) is 110 Å². The minimum Gasteiger partial charge on any atom is -0.338 e. The van der Waals surface area contributed by atoms with E-state index in [1.807, 2.05) is 23.1 Å². The van der Waals surface area contributed by atoms with E-state index in [4.69, 9.17) is 12.2 Å². The van der Waals surface area contributed by atoms with Crippen molar-refractivity contribution in [2.75, 3.05) is 11.9 Å². The van der Waals surface area contributed by atoms with Crippen molar-refractivity contribution in [2.45, 2.75) is 31.6 Å². The van der Waals surface area contributed by atoms with E-state index < -0.39 is 0 Å². The van der Waals surface area contributed by atoms with E-state index in [0.29, 0.717) is 0 Å². The van der Waals surface area contributed by atoms with Crippen LogP contribution < -0.4 is 9.47 Å². The van der Waals surface area contributed by atoms with Crippen molar-refractivity contribution in [3.8, 4) is 0 Å². The Balaban J connectivity index is 1.41. The molecule has 2 aromatic carbocycles. The summed E-state index contributed by atoms with van der Waals surface area (Å²) in [6.07, 6.45) is 13.6. The van der Waals surface area contributed by atoms with E-state index in [1.165, 1.54) is 42.0 Å². The molecule has 0 spiro atoms. The molecule has 172 valence electrons. The van der Waals surface area contributed by atoms with Crippen LogP contribution in [0.25, 0.3) is 16.3 Å². The fraction of sp³-hybridized carbons (Fsp3) is 0.241. The number of para-hydroxylation sites is 1. The second-order valence-corrected chi connectivity index (χ2v) is 12.2. The predicted octanol–water partition coefficient (Wildman–Crippen LogP) is 7.84. The van der Waals surface area contributed by atoms with Gasteiger partial charge in [-0.15, -0.1) is 0 Å². The van der Waals surface area contributed by atoms with E-state index in [0.717, 1.165) is 18.4 Å². The fourth-order valence-corrected chi connectivity index (χ4v) is 7.09. The summed E-state index contributed by atoms with van der Waals surface area (Å²) in [5, 5.41) is 4.28. The Kier molecular flexibility index (Phi) is 6.36. The van der Waals surface area contributed by atoms with E-state index in [1.54, 1.807) is 5.37 Å². The normalized spacial score (nSPS) is 19.9. The van der Waals surface area contributed by atoms with Gasteiger partial charge < -0.3 is 4.90 Å². The number of allylic oxidation sites excluding steroid dienone is 6. The molecule has 5 rings (SSSR count). The fourth-order valence-electron chi connectivity index (χ4n) is 4.77. The van der Waals surface area contributed by atoms with Crippen LogP contribution in [0.2, 0.25) is 0 Å². The Hall–Kier alpha value is -2.47. The summed E-state index contributed by atoms with van der Waals surface area (Å²) in [5.41, 5.74) is 6.62. The molecule has 0 radical (unpaired) electrons. The van der Waals surface area contributed by atoms with Crippen LogP contribution in [0.4, 0.5) is 5.69 Å². The number of anilines is 1. The van der Waals surface area contributed by atoms with Crippen molar-refractivity contribution in [2.24, 2.45) is 12.5 Å². The summed E-state index contributed by atoms with van der Waals surface area (Å²) >= 11 is 8.80. The molecule has 2 nitrogen and oxygen atoms in total. The highest BCUT2D eigenvalue weighted by atomic mass is 32.2. The molecule has 2 heterocycles. The zero-order valence-electron chi connectivity index (χ0n) is 20.0. The van der Waals surface area contributed by atoms with Gasteiger partial charge in [-0.2, -0.15) is 4.57 Å². The van der Waals surface area contributed by atoms with Crippen LogP contribution in [0.1, 0.15) is 37.3 Å². The number of rotatable bonds is 4. The predicted molar refractivity (Wildman–Crippen MR) is 153 cm³/mol. The first kappa shape index (κ1) is 23.3.